The van der Waals surface area contributed by atoms with Crippen molar-refractivity contribution in [3.05, 3.63) is 87.7 Å². The van der Waals surface area contributed by atoms with Gasteiger partial charge in [-0.3, -0.25) is 9.69 Å². The largest absolute Gasteiger partial charge is 0.486 e. The lowest BCUT2D eigenvalue weighted by Crippen LogP contribution is -2.42. The summed E-state index contributed by atoms with van der Waals surface area (Å²) in [5.41, 5.74) is -0.233. The Labute approximate surface area is 236 Å². The van der Waals surface area contributed by atoms with E-state index in [4.69, 9.17) is 14.2 Å². The molecule has 1 aromatic heterocycles. The fraction of sp³-hybridized carbons (Fsp3) is 0.387. The molecule has 1 aliphatic carbocycles. The molecule has 0 bridgehead atoms. The van der Waals surface area contributed by atoms with E-state index in [1.165, 1.54) is 11.1 Å². The standard InChI is InChI=1S/C31H32F2N2O6/c1-18-12-21(35(14-18)30(38)41-31(2,3)4)17-39-28-25(33)24(32)13-22-26(28)34(20-10-11-20)15-23(27(22)36)29(37)40-16-19-8-6-5-7-9-19/h5-9,13,15,20-21H,1,10-12,14,16-17H2,2-4H3. The minimum atomic E-state index is -1.29. The van der Waals surface area contributed by atoms with Crippen molar-refractivity contribution in [2.75, 3.05) is 13.2 Å². The van der Waals surface area contributed by atoms with E-state index < -0.39 is 46.5 Å². The van der Waals surface area contributed by atoms with Crippen LogP contribution < -0.4 is 10.2 Å². The lowest BCUT2D eigenvalue weighted by atomic mass is 10.1. The number of benzene rings is 2. The lowest BCUT2D eigenvalue weighted by molar-refractivity contribution is 0.0189. The zero-order valence-electron chi connectivity index (χ0n) is 23.2. The van der Waals surface area contributed by atoms with Gasteiger partial charge in [-0.1, -0.05) is 42.5 Å². The molecule has 10 heteroatoms. The summed E-state index contributed by atoms with van der Waals surface area (Å²) >= 11 is 0. The van der Waals surface area contributed by atoms with E-state index in [9.17, 15) is 18.8 Å². The molecule has 1 aliphatic heterocycles. The number of fused-ring (bicyclic) bond motifs is 1. The number of likely N-dealkylation sites (tertiary alicyclic amines) is 1. The topological polar surface area (TPSA) is 87.1 Å². The first-order chi connectivity index (χ1) is 19.4. The van der Waals surface area contributed by atoms with Gasteiger partial charge in [0.25, 0.3) is 0 Å². The molecule has 2 heterocycles. The molecule has 0 radical (unpaired) electrons. The van der Waals surface area contributed by atoms with E-state index in [1.54, 1.807) is 49.6 Å². The zero-order chi connectivity index (χ0) is 29.5. The molecule has 5 rings (SSSR count). The molecular weight excluding hydrogens is 534 g/mol. The van der Waals surface area contributed by atoms with E-state index >= 15 is 4.39 Å². The van der Waals surface area contributed by atoms with Crippen molar-refractivity contribution in [3.63, 3.8) is 0 Å². The first kappa shape index (κ1) is 28.3. The van der Waals surface area contributed by atoms with Gasteiger partial charge < -0.3 is 18.8 Å². The maximum absolute atomic E-state index is 15.3. The second-order valence-corrected chi connectivity index (χ2v) is 11.5. The molecule has 1 saturated carbocycles. The molecule has 2 aromatic carbocycles. The Bertz CT molecular complexity index is 1570. The molecule has 0 N–H and O–H groups in total. The molecule has 1 unspecified atom stereocenters. The maximum atomic E-state index is 15.3. The SMILES string of the molecule is C=C1CC(COc2c(F)c(F)cc3c(=O)c(C(=O)OCc4ccccc4)cn(C4CC4)c23)N(C(=O)OC(C)(C)C)C1. The number of nitrogens with zero attached hydrogens (tertiary/aromatic N) is 2. The van der Waals surface area contributed by atoms with Crippen molar-refractivity contribution in [3.8, 4) is 5.75 Å². The van der Waals surface area contributed by atoms with Gasteiger partial charge in [0.05, 0.1) is 16.9 Å². The number of esters is 1. The second kappa shape index (κ2) is 11.0. The number of halogens is 2. The van der Waals surface area contributed by atoms with Crippen LogP contribution in [0.5, 0.6) is 5.75 Å². The third-order valence-electron chi connectivity index (χ3n) is 6.95. The number of aromatic nitrogens is 1. The zero-order valence-corrected chi connectivity index (χ0v) is 23.2. The number of hydrogen-bond acceptors (Lipinski definition) is 6. The van der Waals surface area contributed by atoms with Crippen molar-refractivity contribution in [1.82, 2.24) is 9.47 Å². The number of ether oxygens (including phenoxy) is 3. The van der Waals surface area contributed by atoms with E-state index in [0.717, 1.165) is 30.0 Å². The van der Waals surface area contributed by atoms with Gasteiger partial charge in [0.15, 0.2) is 11.6 Å². The summed E-state index contributed by atoms with van der Waals surface area (Å²) in [6.45, 7) is 9.22. The summed E-state index contributed by atoms with van der Waals surface area (Å²) in [6.07, 6.45) is 2.61. The number of rotatable bonds is 7. The van der Waals surface area contributed by atoms with Crippen LogP contribution in [-0.4, -0.2) is 46.3 Å². The van der Waals surface area contributed by atoms with Crippen LogP contribution in [0.2, 0.25) is 0 Å². The fourth-order valence-corrected chi connectivity index (χ4v) is 4.89. The van der Waals surface area contributed by atoms with E-state index in [-0.39, 0.29) is 42.3 Å². The highest BCUT2D eigenvalue weighted by atomic mass is 19.2. The third kappa shape index (κ3) is 6.11. The molecule has 1 amide bonds. The molecule has 8 nitrogen and oxygen atoms in total. The van der Waals surface area contributed by atoms with Crippen LogP contribution in [0.15, 0.2) is 59.5 Å². The molecule has 2 aliphatic rings. The molecule has 3 aromatic rings. The quantitative estimate of drug-likeness (QED) is 0.261. The van der Waals surface area contributed by atoms with E-state index in [2.05, 4.69) is 6.58 Å². The Morgan fingerprint density at radius 3 is 2.49 bits per heavy atom. The van der Waals surface area contributed by atoms with Crippen LogP contribution in [0.1, 0.15) is 62.0 Å². The maximum Gasteiger partial charge on any atom is 0.410 e. The molecule has 216 valence electrons. The Morgan fingerprint density at radius 2 is 1.83 bits per heavy atom. The van der Waals surface area contributed by atoms with E-state index in [0.29, 0.717) is 6.42 Å². The Balaban J connectivity index is 1.48. The predicted molar refractivity (Wildman–Crippen MR) is 148 cm³/mol. The van der Waals surface area contributed by atoms with Crippen molar-refractivity contribution in [2.24, 2.45) is 0 Å². The average molecular weight is 567 g/mol. The first-order valence-corrected chi connectivity index (χ1v) is 13.5. The third-order valence-corrected chi connectivity index (χ3v) is 6.95. The average Bonchev–Trinajstić information content (AvgIpc) is 3.69. The highest BCUT2D eigenvalue weighted by molar-refractivity contribution is 5.95. The monoisotopic (exact) mass is 566 g/mol. The Morgan fingerprint density at radius 1 is 1.12 bits per heavy atom. The van der Waals surface area contributed by atoms with Gasteiger partial charge >= 0.3 is 12.1 Å². The molecule has 1 atom stereocenters. The van der Waals surface area contributed by atoms with Gasteiger partial charge in [0.2, 0.25) is 11.2 Å². The number of carbonyl (C=O) groups is 2. The van der Waals surface area contributed by atoms with Crippen LogP contribution in [0.4, 0.5) is 13.6 Å². The highest BCUT2D eigenvalue weighted by Gasteiger charge is 2.36. The van der Waals surface area contributed by atoms with Crippen LogP contribution in [0.25, 0.3) is 10.9 Å². The number of pyridine rings is 1. The fourth-order valence-electron chi connectivity index (χ4n) is 4.89. The summed E-state index contributed by atoms with van der Waals surface area (Å²) in [7, 11) is 0. The number of hydrogen-bond donors (Lipinski definition) is 0. The van der Waals surface area contributed by atoms with Gasteiger partial charge in [-0.15, -0.1) is 0 Å². The van der Waals surface area contributed by atoms with Crippen molar-refractivity contribution in [2.45, 2.75) is 64.3 Å². The van der Waals surface area contributed by atoms with Crippen LogP contribution in [0, 0.1) is 11.6 Å². The van der Waals surface area contributed by atoms with Gasteiger partial charge in [0.1, 0.15) is 24.4 Å². The Kier molecular flexibility index (Phi) is 7.59. The molecule has 41 heavy (non-hydrogen) atoms. The summed E-state index contributed by atoms with van der Waals surface area (Å²) in [5.74, 6) is -3.86. The minimum absolute atomic E-state index is 0.0481. The minimum Gasteiger partial charge on any atom is -0.486 e. The van der Waals surface area contributed by atoms with Crippen LogP contribution in [-0.2, 0) is 16.1 Å². The Hall–Kier alpha value is -4.21. The highest BCUT2D eigenvalue weighted by Crippen LogP contribution is 2.41. The van der Waals surface area contributed by atoms with Crippen LogP contribution in [0.3, 0.4) is 0 Å². The van der Waals surface area contributed by atoms with Crippen LogP contribution >= 0.6 is 0 Å². The van der Waals surface area contributed by atoms with Gasteiger partial charge in [-0.05, 0) is 51.7 Å². The van der Waals surface area contributed by atoms with E-state index in [1.807, 2.05) is 6.07 Å². The van der Waals surface area contributed by atoms with Crippen molar-refractivity contribution >= 4 is 23.0 Å². The second-order valence-electron chi connectivity index (χ2n) is 11.5. The van der Waals surface area contributed by atoms with Gasteiger partial charge in [0, 0.05) is 18.8 Å². The molecule has 1 saturated heterocycles. The smallest absolute Gasteiger partial charge is 0.410 e. The van der Waals surface area contributed by atoms with Crippen molar-refractivity contribution < 1.29 is 32.6 Å². The summed E-state index contributed by atoms with van der Waals surface area (Å²) in [6, 6.07) is 9.10. The molecule has 0 spiro atoms. The number of amides is 1. The van der Waals surface area contributed by atoms with Crippen molar-refractivity contribution in [1.29, 1.82) is 0 Å². The summed E-state index contributed by atoms with van der Waals surface area (Å²) < 4.78 is 48.5. The normalized spacial score (nSPS) is 17.1. The summed E-state index contributed by atoms with van der Waals surface area (Å²) in [4.78, 5) is 40.6. The predicted octanol–water partition coefficient (Wildman–Crippen LogP) is 5.92. The molecular formula is C31H32F2N2O6. The van der Waals surface area contributed by atoms with Gasteiger partial charge in [-0.25, -0.2) is 14.0 Å². The number of carbonyl (C=O) groups excluding carboxylic acids is 2. The molecule has 2 fully saturated rings. The lowest BCUT2D eigenvalue weighted by Gasteiger charge is -2.28. The summed E-state index contributed by atoms with van der Waals surface area (Å²) in [5, 5.41) is -0.195. The first-order valence-electron chi connectivity index (χ1n) is 13.5. The van der Waals surface area contributed by atoms with Gasteiger partial charge in [-0.2, -0.15) is 4.39 Å².